The lowest BCUT2D eigenvalue weighted by atomic mass is 9.87. The number of ether oxygens (including phenoxy) is 1. The molecule has 1 aliphatic carbocycles. The fourth-order valence-corrected chi connectivity index (χ4v) is 4.10. The Morgan fingerprint density at radius 2 is 1.94 bits per heavy atom. The van der Waals surface area contributed by atoms with Crippen molar-refractivity contribution in [1.29, 1.82) is 0 Å². The number of nitrogens with one attached hydrogen (secondary N) is 2. The number of rotatable bonds is 7. The number of benzene rings is 1. The van der Waals surface area contributed by atoms with Gasteiger partial charge in [0.05, 0.1) is 28.5 Å². The van der Waals surface area contributed by atoms with Gasteiger partial charge in [0.15, 0.2) is 0 Å². The maximum Gasteiger partial charge on any atom is 0.320 e. The second kappa shape index (κ2) is 10.2. The lowest BCUT2D eigenvalue weighted by Crippen LogP contribution is -2.28. The maximum absolute atomic E-state index is 12.4. The van der Waals surface area contributed by atoms with Gasteiger partial charge in [-0.05, 0) is 49.9 Å². The zero-order valence-electron chi connectivity index (χ0n) is 17.1. The zero-order valence-corrected chi connectivity index (χ0v) is 19.5. The highest BCUT2D eigenvalue weighted by atomic mass is 79.9. The number of carbonyl (C=O) groups excluding carboxylic acids is 1. The quantitative estimate of drug-likeness (QED) is 0.385. The summed E-state index contributed by atoms with van der Waals surface area (Å²) >= 11 is 9.47. The van der Waals surface area contributed by atoms with Crippen LogP contribution in [0.4, 0.5) is 17.4 Å². The van der Waals surface area contributed by atoms with Crippen molar-refractivity contribution in [3.05, 3.63) is 51.9 Å². The molecular weight excluding hydrogens is 518 g/mol. The summed E-state index contributed by atoms with van der Waals surface area (Å²) in [4.78, 5) is 27.6. The summed E-state index contributed by atoms with van der Waals surface area (Å²) in [5, 5.41) is 22.5. The Morgan fingerprint density at radius 1 is 1.15 bits per heavy atom. The Labute approximate surface area is 201 Å². The van der Waals surface area contributed by atoms with Crippen molar-refractivity contribution in [3.8, 4) is 5.88 Å². The average molecular weight is 537 g/mol. The zero-order chi connectivity index (χ0) is 23.4. The molecular formula is C21H19BrClN5O5. The second-order valence-corrected chi connectivity index (χ2v) is 8.75. The van der Waals surface area contributed by atoms with E-state index in [1.165, 1.54) is 6.20 Å². The first-order chi connectivity index (χ1) is 15.9. The number of aliphatic carboxylic acids is 1. The van der Waals surface area contributed by atoms with Gasteiger partial charge in [-0.1, -0.05) is 32.6 Å². The van der Waals surface area contributed by atoms with Crippen LogP contribution < -0.4 is 15.4 Å². The number of amides is 1. The minimum absolute atomic E-state index is 0.0175. The summed E-state index contributed by atoms with van der Waals surface area (Å²) in [5.41, 5.74) is 0.970. The number of pyridine rings is 1. The van der Waals surface area contributed by atoms with Crippen LogP contribution in [0.3, 0.4) is 0 Å². The molecule has 0 bridgehead atoms. The van der Waals surface area contributed by atoms with Crippen molar-refractivity contribution in [2.45, 2.75) is 31.8 Å². The number of nitrogens with zero attached hydrogens (tertiary/aromatic N) is 3. The van der Waals surface area contributed by atoms with E-state index in [2.05, 4.69) is 41.7 Å². The molecule has 4 rings (SSSR count). The average Bonchev–Trinajstić information content (AvgIpc) is 3.26. The van der Waals surface area contributed by atoms with Crippen LogP contribution in [-0.2, 0) is 4.79 Å². The van der Waals surface area contributed by atoms with Gasteiger partial charge in [-0.2, -0.15) is 0 Å². The van der Waals surface area contributed by atoms with Gasteiger partial charge in [0.1, 0.15) is 6.10 Å². The number of hydrogen-bond acceptors (Lipinski definition) is 8. The number of carboxylic acid groups (broad SMARTS) is 1. The molecule has 3 aromatic rings. The molecule has 1 saturated carbocycles. The molecule has 172 valence electrons. The van der Waals surface area contributed by atoms with Crippen LogP contribution in [-0.4, -0.2) is 38.3 Å². The van der Waals surface area contributed by atoms with E-state index in [1.807, 2.05) is 0 Å². The first-order valence-corrected chi connectivity index (χ1v) is 11.3. The number of halogens is 2. The highest BCUT2D eigenvalue weighted by molar-refractivity contribution is 9.10. The largest absolute Gasteiger partial charge is 0.481 e. The van der Waals surface area contributed by atoms with Crippen LogP contribution in [0.2, 0.25) is 5.02 Å². The van der Waals surface area contributed by atoms with Gasteiger partial charge in [-0.25, -0.2) is 4.98 Å². The van der Waals surface area contributed by atoms with Crippen molar-refractivity contribution in [3.63, 3.8) is 0 Å². The summed E-state index contributed by atoms with van der Waals surface area (Å²) in [6, 6.07) is 8.51. The van der Waals surface area contributed by atoms with Crippen molar-refractivity contribution >= 4 is 56.8 Å². The van der Waals surface area contributed by atoms with Crippen LogP contribution in [0.1, 0.15) is 36.4 Å². The maximum atomic E-state index is 12.4. The normalized spacial score (nSPS) is 17.9. The molecule has 1 fully saturated rings. The first-order valence-electron chi connectivity index (χ1n) is 10.1. The molecule has 1 amide bonds. The van der Waals surface area contributed by atoms with E-state index in [-0.39, 0.29) is 23.9 Å². The van der Waals surface area contributed by atoms with Crippen molar-refractivity contribution in [2.24, 2.45) is 5.92 Å². The molecule has 2 aromatic heterocycles. The van der Waals surface area contributed by atoms with Crippen molar-refractivity contribution in [1.82, 2.24) is 15.2 Å². The summed E-state index contributed by atoms with van der Waals surface area (Å²) in [6.07, 6.45) is 3.88. The summed E-state index contributed by atoms with van der Waals surface area (Å²) in [7, 11) is 0. The Kier molecular flexibility index (Phi) is 7.09. The van der Waals surface area contributed by atoms with Gasteiger partial charge in [-0.15, -0.1) is 5.10 Å². The van der Waals surface area contributed by atoms with Gasteiger partial charge >= 0.3 is 23.8 Å². The Bertz CT molecular complexity index is 1150. The number of carbonyl (C=O) groups is 2. The summed E-state index contributed by atoms with van der Waals surface area (Å²) in [6.45, 7) is 0. The van der Waals surface area contributed by atoms with Crippen LogP contribution in [0.25, 0.3) is 0 Å². The van der Waals surface area contributed by atoms with E-state index >= 15 is 0 Å². The van der Waals surface area contributed by atoms with E-state index in [9.17, 15) is 9.59 Å². The molecule has 0 aliphatic heterocycles. The molecule has 0 radical (unpaired) electrons. The predicted molar refractivity (Wildman–Crippen MR) is 123 cm³/mol. The van der Waals surface area contributed by atoms with Crippen LogP contribution in [0.15, 0.2) is 45.4 Å². The fourth-order valence-electron chi connectivity index (χ4n) is 3.38. The lowest BCUT2D eigenvalue weighted by molar-refractivity contribution is -0.143. The van der Waals surface area contributed by atoms with Gasteiger partial charge in [0.2, 0.25) is 5.88 Å². The monoisotopic (exact) mass is 535 g/mol. The highest BCUT2D eigenvalue weighted by Crippen LogP contribution is 2.29. The van der Waals surface area contributed by atoms with E-state index in [0.29, 0.717) is 48.0 Å². The summed E-state index contributed by atoms with van der Waals surface area (Å²) in [5.74, 6) is -1.49. The SMILES string of the molecule is O=C(Nc1ccc(OC2CCC(C(=O)O)CC2)nc1)c1nnc(Nc2ccc(Br)cc2Cl)o1. The minimum Gasteiger partial charge on any atom is -0.481 e. The molecule has 3 N–H and O–H groups in total. The van der Waals surface area contributed by atoms with E-state index in [0.717, 1.165) is 4.47 Å². The highest BCUT2D eigenvalue weighted by Gasteiger charge is 2.27. The van der Waals surface area contributed by atoms with Gasteiger partial charge in [0, 0.05) is 10.5 Å². The summed E-state index contributed by atoms with van der Waals surface area (Å²) < 4.78 is 12.0. The van der Waals surface area contributed by atoms with Crippen LogP contribution in [0, 0.1) is 5.92 Å². The van der Waals surface area contributed by atoms with Gasteiger partial charge in [-0.3, -0.25) is 9.59 Å². The molecule has 33 heavy (non-hydrogen) atoms. The number of anilines is 3. The Morgan fingerprint density at radius 3 is 2.61 bits per heavy atom. The van der Waals surface area contributed by atoms with Crippen molar-refractivity contribution < 1.29 is 23.8 Å². The van der Waals surface area contributed by atoms with Crippen LogP contribution in [0.5, 0.6) is 5.88 Å². The molecule has 10 nitrogen and oxygen atoms in total. The Hall–Kier alpha value is -3.18. The molecule has 1 aromatic carbocycles. The van der Waals surface area contributed by atoms with E-state index < -0.39 is 11.9 Å². The van der Waals surface area contributed by atoms with E-state index in [1.54, 1.807) is 30.3 Å². The molecule has 0 saturated heterocycles. The van der Waals surface area contributed by atoms with Gasteiger partial charge < -0.3 is 24.9 Å². The molecule has 0 atom stereocenters. The number of hydrogen-bond donors (Lipinski definition) is 3. The third kappa shape index (κ3) is 5.99. The molecule has 1 aliphatic rings. The standard InChI is InChI=1S/C21H19BrClN5O5/c22-12-3-7-16(15(23)9-12)26-21-28-27-19(33-21)18(29)25-13-4-8-17(24-10-13)32-14-5-1-11(2-6-14)20(30)31/h3-4,7-11,14H,1-2,5-6H2,(H,25,29)(H,26,28)(H,30,31). The third-order valence-corrected chi connectivity index (χ3v) is 5.90. The molecule has 2 heterocycles. The third-order valence-electron chi connectivity index (χ3n) is 5.10. The van der Waals surface area contributed by atoms with Crippen LogP contribution >= 0.6 is 27.5 Å². The smallest absolute Gasteiger partial charge is 0.320 e. The van der Waals surface area contributed by atoms with E-state index in [4.69, 9.17) is 25.9 Å². The molecule has 12 heteroatoms. The van der Waals surface area contributed by atoms with Gasteiger partial charge in [0.25, 0.3) is 0 Å². The van der Waals surface area contributed by atoms with Crippen molar-refractivity contribution in [2.75, 3.05) is 10.6 Å². The predicted octanol–water partition coefficient (Wildman–Crippen LogP) is 4.90. The Balaban J connectivity index is 1.30. The molecule has 0 unspecified atom stereocenters. The fraction of sp³-hybridized carbons (Fsp3) is 0.286. The first kappa shape index (κ1) is 23.0. The topological polar surface area (TPSA) is 139 Å². The molecule has 0 spiro atoms. The second-order valence-electron chi connectivity index (χ2n) is 7.43. The minimum atomic E-state index is -0.757. The number of aromatic nitrogens is 3. The lowest BCUT2D eigenvalue weighted by Gasteiger charge is -2.26. The number of carboxylic acids is 1.